The van der Waals surface area contributed by atoms with E-state index in [9.17, 15) is 99.6 Å². The van der Waals surface area contributed by atoms with Crippen LogP contribution in [0.4, 0.5) is 0 Å². The Labute approximate surface area is 736 Å². The molecule has 0 spiro atoms. The molecule has 0 saturated carbocycles. The quantitative estimate of drug-likeness (QED) is 0.0262. The van der Waals surface area contributed by atoms with Gasteiger partial charge in [0.1, 0.15) is 12.6 Å². The molecule has 6 aromatic rings. The molecule has 0 aromatic heterocycles. The molecule has 0 aliphatic rings. The zero-order chi connectivity index (χ0) is 65.3. The van der Waals surface area contributed by atoms with Gasteiger partial charge >= 0.3 is 165 Å². The third kappa shape index (κ3) is 49.5. The molecule has 42 nitrogen and oxygen atoms in total. The number of benzene rings is 6. The van der Waals surface area contributed by atoms with Gasteiger partial charge in [-0.25, -0.2) is 0 Å². The monoisotopic (exact) mass is 1990 g/mol. The van der Waals surface area contributed by atoms with Crippen LogP contribution in [0.3, 0.4) is 0 Å². The number of aldehydes is 2. The number of hydrogen-bond donors (Lipinski definition) is 2. The fraction of sp³-hybridized carbons (Fsp3) is 0.200. The van der Waals surface area contributed by atoms with E-state index >= 15 is 0 Å². The summed E-state index contributed by atoms with van der Waals surface area (Å²) in [5, 5.41) is 134. The van der Waals surface area contributed by atoms with Crippen molar-refractivity contribution in [3.63, 3.8) is 0 Å². The maximum absolute atomic E-state index is 12.0. The predicted octanol–water partition coefficient (Wildman–Crippen LogP) is -17.7. The molecule has 0 saturated heterocycles. The van der Waals surface area contributed by atoms with Crippen LogP contribution >= 0.6 is 0 Å². The molecule has 616 valence electrons. The summed E-state index contributed by atoms with van der Waals surface area (Å²) < 4.78 is 0. The van der Waals surface area contributed by atoms with E-state index in [0.29, 0.717) is 91.1 Å². The average molecular weight is 1990 g/mol. The Balaban J connectivity index is -0.0000000629. The Morgan fingerprint density at radius 1 is 0.306 bits per heavy atom. The van der Waals surface area contributed by atoms with Crippen molar-refractivity contribution in [3.05, 3.63) is 176 Å². The van der Waals surface area contributed by atoms with Gasteiger partial charge in [0.2, 0.25) is 0 Å². The van der Waals surface area contributed by atoms with E-state index in [4.69, 9.17) is 11.5 Å². The average Bonchev–Trinajstić information content (AvgIpc) is 0.890. The van der Waals surface area contributed by atoms with Crippen molar-refractivity contribution < 1.29 is 341 Å². The van der Waals surface area contributed by atoms with Gasteiger partial charge in [0, 0.05) is 88.3 Å². The van der Waals surface area contributed by atoms with Gasteiger partial charge in [-0.1, -0.05) is 144 Å². The van der Waals surface area contributed by atoms with Crippen LogP contribution in [0.2, 0.25) is 0 Å². The van der Waals surface area contributed by atoms with Gasteiger partial charge in [-0.15, -0.1) is 0 Å². The summed E-state index contributed by atoms with van der Waals surface area (Å²) in [6.07, 6.45) is 5.94. The molecular weight excluding hydrogens is 1920 g/mol. The van der Waals surface area contributed by atoms with Gasteiger partial charge in [-0.05, 0) is 55.6 Å². The van der Waals surface area contributed by atoms with E-state index < -0.39 is 104 Å². The number of aromatic carboxylic acids is 6. The first-order chi connectivity index (χ1) is 42.0. The summed E-state index contributed by atoms with van der Waals surface area (Å²) in [5.74, 6) is -13.5. The van der Waals surface area contributed by atoms with Crippen molar-refractivity contribution in [3.8, 4) is 34.5 Å². The third-order valence-electron chi connectivity index (χ3n) is 11.8. The minimum Gasteiger partial charge on any atom is -0.872 e. The Bertz CT molecular complexity index is 3210. The fourth-order valence-corrected chi connectivity index (χ4v) is 7.37. The molecule has 0 amide bonds. The zero-order valence-corrected chi connectivity index (χ0v) is 64.1. The number of aliphatic imine (C=N–C) groups is 4. The van der Waals surface area contributed by atoms with Crippen molar-refractivity contribution in [2.75, 3.05) is 78.5 Å². The van der Waals surface area contributed by atoms with Crippen LogP contribution < -0.4 is 72.7 Å². The second-order valence-electron chi connectivity index (χ2n) is 17.7. The summed E-state index contributed by atoms with van der Waals surface area (Å²) in [6, 6.07) is 23.8. The first kappa shape index (κ1) is 147. The van der Waals surface area contributed by atoms with Crippen LogP contribution in [-0.4, -0.2) is 238 Å². The van der Waals surface area contributed by atoms with Gasteiger partial charge < -0.3 is 178 Å². The molecule has 0 aliphatic heterocycles. The Morgan fingerprint density at radius 3 is 0.593 bits per heavy atom. The van der Waals surface area contributed by atoms with Crippen molar-refractivity contribution >= 4 is 73.2 Å². The van der Waals surface area contributed by atoms with Crippen LogP contribution in [-0.2, 0) is 66.0 Å². The molecule has 4 radical (unpaired) electrons. The number of hydrogen-bond acceptors (Lipinski definition) is 30. The Hall–Kier alpha value is -6.62. The molecule has 0 aliphatic carbocycles. The molecule has 0 heterocycles. The number of nitrogens with zero attached hydrogens (tertiary/aromatic N) is 6. The van der Waals surface area contributed by atoms with Crippen LogP contribution in [0.1, 0.15) is 105 Å². The number of carbonyl (C=O) groups is 8. The summed E-state index contributed by atoms with van der Waals surface area (Å²) in [6.45, 7) is 5.41. The predicted molar refractivity (Wildman–Crippen MR) is 340 cm³/mol. The number of carboxylic acids is 6. The Morgan fingerprint density at radius 2 is 0.454 bits per heavy atom. The molecular formula is C60H78Eu2N8Ni4O34. The second-order valence-corrected chi connectivity index (χ2v) is 17.7. The van der Waals surface area contributed by atoms with Gasteiger partial charge in [0.05, 0.1) is 62.0 Å². The van der Waals surface area contributed by atoms with E-state index in [1.54, 1.807) is 0 Å². The molecule has 108 heavy (non-hydrogen) atoms. The minimum atomic E-state index is -1.57. The van der Waals surface area contributed by atoms with Gasteiger partial charge in [-0.3, -0.25) is 39.4 Å². The minimum absolute atomic E-state index is 0. The summed E-state index contributed by atoms with van der Waals surface area (Å²) in [5.41, 5.74) is 8.93. The molecule has 0 atom stereocenters. The van der Waals surface area contributed by atoms with Crippen LogP contribution in [0.5, 0.6) is 34.5 Å². The van der Waals surface area contributed by atoms with E-state index in [1.165, 1.54) is 122 Å². The third-order valence-corrected chi connectivity index (χ3v) is 11.8. The first-order valence-corrected chi connectivity index (χ1v) is 25.9. The van der Waals surface area contributed by atoms with Crippen molar-refractivity contribution in [2.45, 2.75) is 0 Å². The van der Waals surface area contributed by atoms with Gasteiger partial charge in [0.15, 0.2) is 0 Å². The molecule has 6 rings (SSSR count). The molecule has 30 N–H and O–H groups in total. The number of carboxylic acid groups (broad SMARTS) is 6. The number of carbonyl (C=O) groups excluding carboxylic acids is 8. The Kier molecular flexibility index (Phi) is 109. The summed E-state index contributed by atoms with van der Waals surface area (Å²) >= 11 is 0. The normalized spacial score (nSPS) is 8.93. The summed E-state index contributed by atoms with van der Waals surface area (Å²) in [7, 11) is 0. The standard InChI is InChI=1S/2C22H26N4O6.2C8H6O4.2Eu.4Ni.14H2O/c2*23-7-10-26(11-8-24-13-15-3-1-5-17(19(15)27)21(29)30)12-9-25-14-16-4-2-6-18(20(16)28)22(31)32;2*9-4-5-2-1-3-6(7(5)10)8(11)12;;;;;;;;;;;;;;;;;;;;/h2*1-6,13-14,27-28H,7-12,23H2,(H,29,30)(H,31,32);2*1-4,10H,(H,11,12);;;;;;;14*1H2/q;;;;4*+2;2*+3;;;;;;;;;;;;;;/p-14. The van der Waals surface area contributed by atoms with Crippen LogP contribution in [0, 0.1) is 98.8 Å². The van der Waals surface area contributed by atoms with E-state index in [1.807, 2.05) is 9.80 Å². The summed E-state index contributed by atoms with van der Waals surface area (Å²) in [4.78, 5) is 105. The largest absolute Gasteiger partial charge is 3.00 e. The fourth-order valence-electron chi connectivity index (χ4n) is 7.37. The SMILES string of the molecule is NCCN(CCN=Cc1cccc(C(=O)[O-])c1[O-])CCN=Cc1cccc(C(=O)[O-])c1[O-].NCCN(CCN=Cc1cccc(C(=O)[O-])c1[O-])CCN=Cc1cccc(C(=O)[O-])c1[O-].O.O.O.O.O.O.O.O.O.O.O.O.O=Cc1cccc(C(=O)[O-])c1[O-].O=Cc1cccc(C(=O)[O-])c1[O-].[Eu+2].[Eu+2].[Ni+2].[Ni+2].[Ni+3].[Ni+3].[OH-].[OH-]. The molecule has 48 heteroatoms. The molecule has 0 unspecified atom stereocenters. The smallest absolute Gasteiger partial charge is 0.872 e. The maximum Gasteiger partial charge on any atom is 3.00 e. The zero-order valence-electron chi connectivity index (χ0n) is 55.3. The number of nitrogens with two attached hydrogens (primary N) is 2. The first-order valence-electron chi connectivity index (χ1n) is 25.9. The van der Waals surface area contributed by atoms with E-state index in [0.717, 1.165) is 12.1 Å². The van der Waals surface area contributed by atoms with Crippen molar-refractivity contribution in [2.24, 2.45) is 31.4 Å². The van der Waals surface area contributed by atoms with Gasteiger partial charge in [-0.2, -0.15) is 0 Å². The van der Waals surface area contributed by atoms with Crippen LogP contribution in [0.15, 0.2) is 129 Å². The number of rotatable bonds is 28. The van der Waals surface area contributed by atoms with E-state index in [-0.39, 0.29) is 275 Å². The van der Waals surface area contributed by atoms with Gasteiger partial charge in [0.25, 0.3) is 0 Å². The molecule has 6 aromatic carbocycles. The van der Waals surface area contributed by atoms with Crippen molar-refractivity contribution in [1.82, 2.24) is 9.80 Å². The number of para-hydroxylation sites is 6. The van der Waals surface area contributed by atoms with Crippen molar-refractivity contribution in [1.29, 1.82) is 0 Å². The second kappa shape index (κ2) is 79.9. The van der Waals surface area contributed by atoms with Crippen LogP contribution in [0.25, 0.3) is 0 Å². The molecule has 0 fully saturated rings. The topological polar surface area (TPSA) is 959 Å². The van der Waals surface area contributed by atoms with E-state index in [2.05, 4.69) is 20.0 Å². The molecule has 0 bridgehead atoms. The maximum atomic E-state index is 12.0.